The van der Waals surface area contributed by atoms with Crippen LogP contribution in [0.15, 0.2) is 18.2 Å². The van der Waals surface area contributed by atoms with Crippen molar-refractivity contribution in [3.8, 4) is 0 Å². The summed E-state index contributed by atoms with van der Waals surface area (Å²) in [5.74, 6) is -1.24. The summed E-state index contributed by atoms with van der Waals surface area (Å²) in [6, 6.07) is 3.92. The van der Waals surface area contributed by atoms with Crippen LogP contribution in [0.4, 0.5) is 4.39 Å². The number of alkyl halides is 1. The number of carbonyl (C=O) groups excluding carboxylic acids is 1. The predicted molar refractivity (Wildman–Crippen MR) is 52.0 cm³/mol. The van der Waals surface area contributed by atoms with Gasteiger partial charge in [-0.15, -0.1) is 11.6 Å². The summed E-state index contributed by atoms with van der Waals surface area (Å²) in [5, 5.41) is -1.02. The number of rotatable bonds is 2. The zero-order chi connectivity index (χ0) is 10.7. The highest BCUT2D eigenvalue weighted by Crippen LogP contribution is 2.25. The van der Waals surface area contributed by atoms with Crippen LogP contribution in [0.1, 0.15) is 10.9 Å². The zero-order valence-electron chi connectivity index (χ0n) is 7.26. The molecule has 1 aromatic rings. The molecule has 0 fully saturated rings. The molecule has 0 bridgehead atoms. The Kier molecular flexibility index (Phi) is 3.72. The summed E-state index contributed by atoms with van der Waals surface area (Å²) in [7, 11) is 1.21. The second kappa shape index (κ2) is 4.62. The Bertz CT molecular complexity index is 355. The summed E-state index contributed by atoms with van der Waals surface area (Å²) in [6.45, 7) is 0. The average molecular weight is 237 g/mol. The fourth-order valence-corrected chi connectivity index (χ4v) is 1.25. The minimum absolute atomic E-state index is 0.0116. The fraction of sp³-hybridized carbons (Fsp3) is 0.222. The smallest absolute Gasteiger partial charge is 0.328 e. The maximum Gasteiger partial charge on any atom is 0.328 e. The molecule has 0 spiro atoms. The molecule has 0 saturated carbocycles. The van der Waals surface area contributed by atoms with E-state index in [1.165, 1.54) is 19.2 Å². The van der Waals surface area contributed by atoms with E-state index in [1.807, 2.05) is 0 Å². The molecule has 1 unspecified atom stereocenters. The lowest BCUT2D eigenvalue weighted by atomic mass is 10.1. The van der Waals surface area contributed by atoms with Crippen molar-refractivity contribution in [1.82, 2.24) is 0 Å². The molecule has 0 saturated heterocycles. The third kappa shape index (κ3) is 2.36. The predicted octanol–water partition coefficient (Wildman–Crippen LogP) is 2.93. The second-order valence-electron chi connectivity index (χ2n) is 2.56. The topological polar surface area (TPSA) is 26.3 Å². The van der Waals surface area contributed by atoms with Crippen LogP contribution in [0, 0.1) is 5.82 Å². The first-order valence-corrected chi connectivity index (χ1v) is 4.54. The maximum atomic E-state index is 13.0. The van der Waals surface area contributed by atoms with Crippen LogP contribution in [0.3, 0.4) is 0 Å². The number of methoxy groups -OCH3 is 1. The lowest BCUT2D eigenvalue weighted by Crippen LogP contribution is -2.08. The molecule has 1 aromatic carbocycles. The Morgan fingerprint density at radius 2 is 2.21 bits per heavy atom. The number of hydrogen-bond acceptors (Lipinski definition) is 2. The quantitative estimate of drug-likeness (QED) is 0.583. The van der Waals surface area contributed by atoms with Crippen molar-refractivity contribution in [1.29, 1.82) is 0 Å². The van der Waals surface area contributed by atoms with Crippen LogP contribution in [0.2, 0.25) is 5.02 Å². The normalized spacial score (nSPS) is 12.3. The fourth-order valence-electron chi connectivity index (χ4n) is 0.910. The summed E-state index contributed by atoms with van der Waals surface area (Å²) in [6.07, 6.45) is 0. The molecule has 0 N–H and O–H groups in total. The molecule has 1 atom stereocenters. The maximum absolute atomic E-state index is 13.0. The molecule has 0 heterocycles. The number of benzene rings is 1. The Labute approximate surface area is 90.6 Å². The minimum Gasteiger partial charge on any atom is -0.468 e. The van der Waals surface area contributed by atoms with Gasteiger partial charge in [-0.05, 0) is 17.7 Å². The minimum atomic E-state index is -1.01. The molecule has 2 nitrogen and oxygen atoms in total. The number of ether oxygens (including phenoxy) is 1. The van der Waals surface area contributed by atoms with Gasteiger partial charge in [-0.2, -0.15) is 0 Å². The summed E-state index contributed by atoms with van der Waals surface area (Å²) >= 11 is 11.2. The van der Waals surface area contributed by atoms with Crippen molar-refractivity contribution in [2.45, 2.75) is 5.38 Å². The van der Waals surface area contributed by atoms with Crippen molar-refractivity contribution in [2.24, 2.45) is 0 Å². The van der Waals surface area contributed by atoms with E-state index in [1.54, 1.807) is 0 Å². The van der Waals surface area contributed by atoms with Crippen LogP contribution < -0.4 is 0 Å². The molecule has 0 amide bonds. The third-order valence-electron chi connectivity index (χ3n) is 1.64. The van der Waals surface area contributed by atoms with Gasteiger partial charge in [-0.1, -0.05) is 17.7 Å². The summed E-state index contributed by atoms with van der Waals surface area (Å²) in [5.41, 5.74) is 0.320. The zero-order valence-corrected chi connectivity index (χ0v) is 8.77. The van der Waals surface area contributed by atoms with Gasteiger partial charge in [0.2, 0.25) is 0 Å². The first-order valence-electron chi connectivity index (χ1n) is 3.73. The van der Waals surface area contributed by atoms with Crippen molar-refractivity contribution < 1.29 is 13.9 Å². The molecule has 0 aliphatic carbocycles. The summed E-state index contributed by atoms with van der Waals surface area (Å²) < 4.78 is 17.4. The van der Waals surface area contributed by atoms with Crippen molar-refractivity contribution in [2.75, 3.05) is 7.11 Å². The Hall–Kier alpha value is -0.800. The molecule has 0 radical (unpaired) electrons. The molecule has 0 aliphatic rings. The second-order valence-corrected chi connectivity index (χ2v) is 3.40. The molecule has 0 aromatic heterocycles. The first kappa shape index (κ1) is 11.3. The van der Waals surface area contributed by atoms with Gasteiger partial charge in [-0.3, -0.25) is 4.79 Å². The van der Waals surface area contributed by atoms with Crippen LogP contribution in [0.5, 0.6) is 0 Å². The van der Waals surface area contributed by atoms with Gasteiger partial charge in [0.25, 0.3) is 0 Å². The van der Waals surface area contributed by atoms with Crippen LogP contribution in [0.25, 0.3) is 0 Å². The monoisotopic (exact) mass is 236 g/mol. The lowest BCUT2D eigenvalue weighted by molar-refractivity contribution is -0.140. The van der Waals surface area contributed by atoms with Crippen LogP contribution >= 0.6 is 23.2 Å². The molecule has 1 rings (SSSR count). The van der Waals surface area contributed by atoms with E-state index in [4.69, 9.17) is 23.2 Å². The third-order valence-corrected chi connectivity index (χ3v) is 2.38. The highest BCUT2D eigenvalue weighted by atomic mass is 35.5. The number of esters is 1. The molecule has 0 aliphatic heterocycles. The van der Waals surface area contributed by atoms with Crippen LogP contribution in [-0.4, -0.2) is 13.1 Å². The molecular formula is C9H7Cl2FO2. The lowest BCUT2D eigenvalue weighted by Gasteiger charge is -2.07. The first-order chi connectivity index (χ1) is 6.56. The Balaban J connectivity index is 2.96. The highest BCUT2D eigenvalue weighted by Gasteiger charge is 2.19. The molecular weight excluding hydrogens is 230 g/mol. The summed E-state index contributed by atoms with van der Waals surface area (Å²) in [4.78, 5) is 11.0. The molecule has 5 heteroatoms. The van der Waals surface area contributed by atoms with Crippen molar-refractivity contribution in [3.05, 3.63) is 34.6 Å². The van der Waals surface area contributed by atoms with Crippen LogP contribution in [-0.2, 0) is 9.53 Å². The van der Waals surface area contributed by atoms with Gasteiger partial charge >= 0.3 is 5.97 Å². The number of hydrogen-bond donors (Lipinski definition) is 0. The number of carbonyl (C=O) groups is 1. The van der Waals surface area contributed by atoms with Gasteiger partial charge in [0.05, 0.1) is 12.1 Å². The largest absolute Gasteiger partial charge is 0.468 e. The van der Waals surface area contributed by atoms with Gasteiger partial charge in [0.1, 0.15) is 5.82 Å². The van der Waals surface area contributed by atoms with E-state index in [9.17, 15) is 9.18 Å². The highest BCUT2D eigenvalue weighted by molar-refractivity contribution is 6.31. The van der Waals surface area contributed by atoms with Crippen molar-refractivity contribution in [3.63, 3.8) is 0 Å². The number of halogens is 3. The average Bonchev–Trinajstić information content (AvgIpc) is 2.20. The van der Waals surface area contributed by atoms with Gasteiger partial charge in [0, 0.05) is 0 Å². The van der Waals surface area contributed by atoms with E-state index in [0.29, 0.717) is 5.56 Å². The Morgan fingerprint density at radius 1 is 1.57 bits per heavy atom. The van der Waals surface area contributed by atoms with E-state index in [2.05, 4.69) is 4.74 Å². The van der Waals surface area contributed by atoms with E-state index in [-0.39, 0.29) is 5.02 Å². The van der Waals surface area contributed by atoms with Gasteiger partial charge < -0.3 is 4.74 Å². The van der Waals surface area contributed by atoms with E-state index in [0.717, 1.165) is 6.07 Å². The molecule has 14 heavy (non-hydrogen) atoms. The van der Waals surface area contributed by atoms with E-state index < -0.39 is 17.2 Å². The van der Waals surface area contributed by atoms with Gasteiger partial charge in [0.15, 0.2) is 5.38 Å². The van der Waals surface area contributed by atoms with Gasteiger partial charge in [-0.25, -0.2) is 4.39 Å². The van der Waals surface area contributed by atoms with E-state index >= 15 is 0 Å². The molecule has 76 valence electrons. The Morgan fingerprint density at radius 3 is 2.71 bits per heavy atom. The SMILES string of the molecule is COC(=O)C(Cl)c1ccc(Cl)c(F)c1. The van der Waals surface area contributed by atoms with Crippen molar-refractivity contribution >= 4 is 29.2 Å². The standard InChI is InChI=1S/C9H7Cl2FO2/c1-14-9(13)8(11)5-2-3-6(10)7(12)4-5/h2-4,8H,1H3.